The van der Waals surface area contributed by atoms with Crippen molar-refractivity contribution >= 4 is 28.5 Å². The Morgan fingerprint density at radius 3 is 3.00 bits per heavy atom. The lowest BCUT2D eigenvalue weighted by atomic mass is 10.3. The van der Waals surface area contributed by atoms with Crippen LogP contribution in [0.1, 0.15) is 10.6 Å². The molecule has 0 spiro atoms. The highest BCUT2D eigenvalue weighted by Gasteiger charge is 2.09. The maximum absolute atomic E-state index is 13.2. The summed E-state index contributed by atoms with van der Waals surface area (Å²) in [7, 11) is 1.90. The van der Waals surface area contributed by atoms with Crippen LogP contribution in [0.2, 0.25) is 0 Å². The Hall–Kier alpha value is -2.02. The molecule has 0 saturated heterocycles. The van der Waals surface area contributed by atoms with Gasteiger partial charge in [0.1, 0.15) is 5.82 Å². The van der Waals surface area contributed by atoms with Crippen LogP contribution >= 0.6 is 11.5 Å². The van der Waals surface area contributed by atoms with Gasteiger partial charge in [0, 0.05) is 13.1 Å². The lowest BCUT2D eigenvalue weighted by Gasteiger charge is -2.04. The van der Waals surface area contributed by atoms with E-state index in [4.69, 9.17) is 0 Å². The summed E-state index contributed by atoms with van der Waals surface area (Å²) in [5.74, 6) is 0.424. The van der Waals surface area contributed by atoms with Crippen LogP contribution in [0.5, 0.6) is 0 Å². The van der Waals surface area contributed by atoms with Gasteiger partial charge >= 0.3 is 0 Å². The predicted octanol–water partition coefficient (Wildman–Crippen LogP) is 2.48. The maximum Gasteiger partial charge on any atom is 0.203 e. The third-order valence-corrected chi connectivity index (χ3v) is 3.82. The molecule has 0 radical (unpaired) electrons. The summed E-state index contributed by atoms with van der Waals surface area (Å²) in [6.45, 7) is 2.54. The zero-order valence-corrected chi connectivity index (χ0v) is 11.3. The van der Waals surface area contributed by atoms with Crippen LogP contribution in [-0.2, 0) is 13.6 Å². The molecule has 5 nitrogen and oxygen atoms in total. The average Bonchev–Trinajstić information content (AvgIpc) is 2.91. The van der Waals surface area contributed by atoms with E-state index in [1.807, 2.05) is 18.5 Å². The number of halogens is 1. The van der Waals surface area contributed by atoms with E-state index >= 15 is 0 Å². The maximum atomic E-state index is 13.2. The van der Waals surface area contributed by atoms with E-state index in [1.165, 1.54) is 23.7 Å². The largest absolute Gasteiger partial charge is 0.351 e. The highest BCUT2D eigenvalue weighted by molar-refractivity contribution is 7.05. The number of nitrogens with one attached hydrogen (secondary N) is 1. The lowest BCUT2D eigenvalue weighted by Crippen LogP contribution is -2.04. The third-order valence-electron chi connectivity index (χ3n) is 3.00. The van der Waals surface area contributed by atoms with Gasteiger partial charge in [-0.3, -0.25) is 0 Å². The van der Waals surface area contributed by atoms with E-state index in [1.54, 1.807) is 6.07 Å². The van der Waals surface area contributed by atoms with E-state index in [9.17, 15) is 4.39 Å². The van der Waals surface area contributed by atoms with E-state index < -0.39 is 0 Å². The molecule has 7 heteroatoms. The molecule has 2 aromatic heterocycles. The van der Waals surface area contributed by atoms with Gasteiger partial charge in [-0.15, -0.1) is 5.10 Å². The predicted molar refractivity (Wildman–Crippen MR) is 72.6 cm³/mol. The number of aromatic nitrogens is 4. The van der Waals surface area contributed by atoms with Crippen molar-refractivity contribution < 1.29 is 4.39 Å². The van der Waals surface area contributed by atoms with Crippen molar-refractivity contribution in [3.63, 3.8) is 0 Å². The van der Waals surface area contributed by atoms with Crippen molar-refractivity contribution in [1.29, 1.82) is 0 Å². The molecule has 0 atom stereocenters. The number of hydrogen-bond acceptors (Lipinski definition) is 5. The number of benzene rings is 1. The first-order valence-corrected chi connectivity index (χ1v) is 6.56. The highest BCUT2D eigenvalue weighted by Crippen LogP contribution is 2.20. The molecular formula is C12H12FN5S. The van der Waals surface area contributed by atoms with E-state index in [0.717, 1.165) is 16.1 Å². The fourth-order valence-electron chi connectivity index (χ4n) is 1.90. The molecule has 98 valence electrons. The van der Waals surface area contributed by atoms with Crippen molar-refractivity contribution in [2.45, 2.75) is 13.5 Å². The molecule has 0 aliphatic carbocycles. The number of nitrogens with zero attached hydrogens (tertiary/aromatic N) is 4. The van der Waals surface area contributed by atoms with Gasteiger partial charge in [0.25, 0.3) is 0 Å². The van der Waals surface area contributed by atoms with Crippen LogP contribution in [0.3, 0.4) is 0 Å². The summed E-state index contributed by atoms with van der Waals surface area (Å²) in [6.07, 6.45) is 0. The SMILES string of the molecule is Cc1nnsc1CNc1nc2cc(F)ccc2n1C. The van der Waals surface area contributed by atoms with Crippen molar-refractivity contribution in [2.24, 2.45) is 7.05 Å². The standard InChI is InChI=1S/C12H12FN5S/c1-7-11(19-17-16-7)6-14-12-15-9-5-8(13)3-4-10(9)18(12)2/h3-5H,6H2,1-2H3,(H,14,15). The number of aryl methyl sites for hydroxylation is 2. The number of anilines is 1. The van der Waals surface area contributed by atoms with Gasteiger partial charge in [-0.05, 0) is 30.6 Å². The van der Waals surface area contributed by atoms with Crippen molar-refractivity contribution in [1.82, 2.24) is 19.1 Å². The summed E-state index contributed by atoms with van der Waals surface area (Å²) >= 11 is 1.36. The number of fused-ring (bicyclic) bond motifs is 1. The first kappa shape index (κ1) is 12.0. The minimum Gasteiger partial charge on any atom is -0.351 e. The zero-order valence-electron chi connectivity index (χ0n) is 10.5. The minimum absolute atomic E-state index is 0.278. The quantitative estimate of drug-likeness (QED) is 0.799. The topological polar surface area (TPSA) is 55.6 Å². The van der Waals surface area contributed by atoms with Crippen molar-refractivity contribution in [2.75, 3.05) is 5.32 Å². The minimum atomic E-state index is -0.278. The van der Waals surface area contributed by atoms with Gasteiger partial charge < -0.3 is 9.88 Å². The summed E-state index contributed by atoms with van der Waals surface area (Å²) in [5.41, 5.74) is 2.45. The van der Waals surface area contributed by atoms with Gasteiger partial charge in [0.05, 0.1) is 28.1 Å². The molecule has 0 aliphatic rings. The molecule has 19 heavy (non-hydrogen) atoms. The van der Waals surface area contributed by atoms with Crippen LogP contribution in [0.15, 0.2) is 18.2 Å². The van der Waals surface area contributed by atoms with E-state index in [-0.39, 0.29) is 5.82 Å². The normalized spacial score (nSPS) is 11.1. The number of hydrogen-bond donors (Lipinski definition) is 1. The zero-order chi connectivity index (χ0) is 13.4. The van der Waals surface area contributed by atoms with Crippen molar-refractivity contribution in [3.8, 4) is 0 Å². The first-order chi connectivity index (χ1) is 9.15. The number of imidazole rings is 1. The van der Waals surface area contributed by atoms with Crippen LogP contribution < -0.4 is 5.32 Å². The van der Waals surface area contributed by atoms with Crippen molar-refractivity contribution in [3.05, 3.63) is 34.6 Å². The van der Waals surface area contributed by atoms with Crippen LogP contribution in [0.4, 0.5) is 10.3 Å². The number of rotatable bonds is 3. The van der Waals surface area contributed by atoms with Crippen LogP contribution in [0, 0.1) is 12.7 Å². The first-order valence-electron chi connectivity index (χ1n) is 5.79. The van der Waals surface area contributed by atoms with Crippen LogP contribution in [0.25, 0.3) is 11.0 Å². The highest BCUT2D eigenvalue weighted by atomic mass is 32.1. The van der Waals surface area contributed by atoms with E-state index in [2.05, 4.69) is 19.9 Å². The Morgan fingerprint density at radius 1 is 1.42 bits per heavy atom. The average molecular weight is 277 g/mol. The summed E-state index contributed by atoms with van der Waals surface area (Å²) in [5, 5.41) is 7.18. The van der Waals surface area contributed by atoms with E-state index in [0.29, 0.717) is 18.0 Å². The summed E-state index contributed by atoms with van der Waals surface area (Å²) in [4.78, 5) is 5.45. The molecular weight excluding hydrogens is 265 g/mol. The van der Waals surface area contributed by atoms with Gasteiger partial charge in [0.2, 0.25) is 5.95 Å². The Morgan fingerprint density at radius 2 is 2.26 bits per heavy atom. The second kappa shape index (κ2) is 4.58. The Balaban J connectivity index is 1.89. The molecule has 0 unspecified atom stereocenters. The smallest absolute Gasteiger partial charge is 0.203 e. The molecule has 0 aliphatic heterocycles. The Labute approximate surface area is 113 Å². The Kier molecular flexibility index (Phi) is 2.90. The molecule has 2 heterocycles. The molecule has 3 aromatic rings. The molecule has 0 saturated carbocycles. The van der Waals surface area contributed by atoms with Gasteiger partial charge in [-0.25, -0.2) is 9.37 Å². The second-order valence-corrected chi connectivity index (χ2v) is 5.10. The molecule has 3 rings (SSSR count). The van der Waals surface area contributed by atoms with Gasteiger partial charge in [0.15, 0.2) is 0 Å². The summed E-state index contributed by atoms with van der Waals surface area (Å²) < 4.78 is 18.9. The second-order valence-electron chi connectivity index (χ2n) is 4.26. The fourth-order valence-corrected chi connectivity index (χ4v) is 2.47. The molecule has 1 N–H and O–H groups in total. The fraction of sp³-hybridized carbons (Fsp3) is 0.250. The van der Waals surface area contributed by atoms with Gasteiger partial charge in [-0.2, -0.15) is 0 Å². The third kappa shape index (κ3) is 2.17. The Bertz CT molecular complexity index is 733. The van der Waals surface area contributed by atoms with Crippen LogP contribution in [-0.4, -0.2) is 19.1 Å². The monoisotopic (exact) mass is 277 g/mol. The lowest BCUT2D eigenvalue weighted by molar-refractivity contribution is 0.629. The molecule has 0 bridgehead atoms. The van der Waals surface area contributed by atoms with Gasteiger partial charge in [-0.1, -0.05) is 4.49 Å². The summed E-state index contributed by atoms with van der Waals surface area (Å²) in [6, 6.07) is 4.59. The molecule has 0 fully saturated rings. The molecule has 1 aromatic carbocycles. The molecule has 0 amide bonds.